The number of carboxylic acid groups (broad SMARTS) is 1. The lowest BCUT2D eigenvalue weighted by Gasteiger charge is -2.25. The molecule has 0 aromatic carbocycles. The molecule has 0 bridgehead atoms. The fourth-order valence-corrected chi connectivity index (χ4v) is 1.98. The zero-order valence-electron chi connectivity index (χ0n) is 10.8. The lowest BCUT2D eigenvalue weighted by Crippen LogP contribution is -2.45. The highest BCUT2D eigenvalue weighted by Crippen LogP contribution is 2.20. The number of hydrogen-bond acceptors (Lipinski definition) is 2. The molecular weight excluding hydrogens is 206 g/mol. The molecule has 2 N–H and O–H groups in total. The third-order valence-electron chi connectivity index (χ3n) is 2.76. The maximum Gasteiger partial charge on any atom is 0.326 e. The number of nitrogens with one attached hydrogen (secondary N) is 1. The average molecular weight is 229 g/mol. The van der Waals surface area contributed by atoms with Crippen molar-refractivity contribution >= 4 is 11.9 Å². The number of hydrogen-bond donors (Lipinski definition) is 2. The van der Waals surface area contributed by atoms with Gasteiger partial charge in [-0.15, -0.1) is 0 Å². The molecule has 94 valence electrons. The molecule has 0 aromatic heterocycles. The lowest BCUT2D eigenvalue weighted by molar-refractivity contribution is -0.143. The Morgan fingerprint density at radius 3 is 1.81 bits per heavy atom. The van der Waals surface area contributed by atoms with E-state index in [1.54, 1.807) is 6.92 Å². The van der Waals surface area contributed by atoms with Crippen molar-refractivity contribution in [2.45, 2.75) is 47.1 Å². The molecule has 0 rings (SSSR count). The van der Waals surface area contributed by atoms with Gasteiger partial charge in [-0.3, -0.25) is 4.79 Å². The smallest absolute Gasteiger partial charge is 0.326 e. The molecule has 1 amide bonds. The first-order valence-electron chi connectivity index (χ1n) is 5.84. The van der Waals surface area contributed by atoms with Gasteiger partial charge in [0.25, 0.3) is 0 Å². The molecule has 0 spiro atoms. The van der Waals surface area contributed by atoms with Crippen molar-refractivity contribution in [2.75, 3.05) is 0 Å². The summed E-state index contributed by atoms with van der Waals surface area (Å²) in [5, 5.41) is 11.5. The Morgan fingerprint density at radius 1 is 1.12 bits per heavy atom. The Hall–Kier alpha value is -1.06. The summed E-state index contributed by atoms with van der Waals surface area (Å²) in [5.41, 5.74) is 0. The summed E-state index contributed by atoms with van der Waals surface area (Å²) in [5.74, 6) is -0.827. The van der Waals surface area contributed by atoms with Crippen LogP contribution in [0.15, 0.2) is 0 Å². The van der Waals surface area contributed by atoms with Crippen LogP contribution < -0.4 is 5.32 Å². The van der Waals surface area contributed by atoms with Gasteiger partial charge in [0.15, 0.2) is 0 Å². The zero-order valence-corrected chi connectivity index (χ0v) is 10.8. The number of amides is 1. The highest BCUT2D eigenvalue weighted by atomic mass is 16.4. The molecule has 16 heavy (non-hydrogen) atoms. The van der Waals surface area contributed by atoms with Crippen LogP contribution in [0.2, 0.25) is 0 Å². The molecule has 0 saturated heterocycles. The molecule has 1 atom stereocenters. The largest absolute Gasteiger partial charge is 0.480 e. The average Bonchev–Trinajstić information content (AvgIpc) is 2.12. The van der Waals surface area contributed by atoms with Crippen molar-refractivity contribution < 1.29 is 14.7 Å². The van der Waals surface area contributed by atoms with Gasteiger partial charge in [-0.1, -0.05) is 34.6 Å². The van der Waals surface area contributed by atoms with Crippen LogP contribution in [-0.2, 0) is 9.59 Å². The van der Waals surface area contributed by atoms with Crippen LogP contribution in [-0.4, -0.2) is 23.0 Å². The summed E-state index contributed by atoms with van der Waals surface area (Å²) < 4.78 is 0. The molecule has 0 fully saturated rings. The minimum Gasteiger partial charge on any atom is -0.480 e. The van der Waals surface area contributed by atoms with Gasteiger partial charge in [-0.25, -0.2) is 4.79 Å². The summed E-state index contributed by atoms with van der Waals surface area (Å²) in [6.07, 6.45) is 0.407. The topological polar surface area (TPSA) is 66.4 Å². The van der Waals surface area contributed by atoms with Gasteiger partial charge in [-0.2, -0.15) is 0 Å². The Bertz CT molecular complexity index is 241. The molecule has 4 heteroatoms. The van der Waals surface area contributed by atoms with Crippen molar-refractivity contribution in [3.63, 3.8) is 0 Å². The van der Waals surface area contributed by atoms with Crippen molar-refractivity contribution in [1.82, 2.24) is 5.32 Å². The standard InChI is InChI=1S/C12H23NO3/c1-6-9(12(15)16)13-11(14)10(7(2)3)8(4)5/h7-10H,6H2,1-5H3,(H,13,14)(H,15,16). The molecule has 0 radical (unpaired) electrons. The van der Waals surface area contributed by atoms with E-state index in [0.29, 0.717) is 6.42 Å². The fourth-order valence-electron chi connectivity index (χ4n) is 1.98. The number of rotatable bonds is 6. The normalized spacial score (nSPS) is 13.2. The fraction of sp³-hybridized carbons (Fsp3) is 0.833. The van der Waals surface area contributed by atoms with E-state index in [1.807, 2.05) is 27.7 Å². The van der Waals surface area contributed by atoms with Gasteiger partial charge >= 0.3 is 5.97 Å². The Labute approximate surface area is 97.4 Å². The number of carboxylic acids is 1. The molecule has 4 nitrogen and oxygen atoms in total. The summed E-state index contributed by atoms with van der Waals surface area (Å²) in [6, 6.07) is -0.771. The number of carbonyl (C=O) groups excluding carboxylic acids is 1. The highest BCUT2D eigenvalue weighted by Gasteiger charge is 2.28. The summed E-state index contributed by atoms with van der Waals surface area (Å²) >= 11 is 0. The van der Waals surface area contributed by atoms with Crippen LogP contribution in [0, 0.1) is 17.8 Å². The molecule has 1 unspecified atom stereocenters. The van der Waals surface area contributed by atoms with Crippen molar-refractivity contribution in [1.29, 1.82) is 0 Å². The second-order valence-electron chi connectivity index (χ2n) is 4.82. The minimum atomic E-state index is -0.970. The number of aliphatic carboxylic acids is 1. The second kappa shape index (κ2) is 6.51. The van der Waals surface area contributed by atoms with Crippen LogP contribution in [0.3, 0.4) is 0 Å². The van der Waals surface area contributed by atoms with E-state index in [9.17, 15) is 9.59 Å². The predicted octanol–water partition coefficient (Wildman–Crippen LogP) is 1.89. The van der Waals surface area contributed by atoms with E-state index < -0.39 is 12.0 Å². The molecule has 0 aliphatic carbocycles. The maximum atomic E-state index is 11.9. The highest BCUT2D eigenvalue weighted by molar-refractivity contribution is 5.85. The van der Waals surface area contributed by atoms with Gasteiger partial charge in [0, 0.05) is 5.92 Å². The third kappa shape index (κ3) is 4.21. The van der Waals surface area contributed by atoms with Crippen molar-refractivity contribution in [3.05, 3.63) is 0 Å². The first-order valence-corrected chi connectivity index (χ1v) is 5.84. The molecule has 0 saturated carbocycles. The SMILES string of the molecule is CCC(NC(=O)C(C(C)C)C(C)C)C(=O)O. The first-order chi connectivity index (χ1) is 7.31. The van der Waals surface area contributed by atoms with Crippen LogP contribution in [0.4, 0.5) is 0 Å². The van der Waals surface area contributed by atoms with Crippen molar-refractivity contribution in [2.24, 2.45) is 17.8 Å². The van der Waals surface area contributed by atoms with Crippen LogP contribution in [0.1, 0.15) is 41.0 Å². The Morgan fingerprint density at radius 2 is 1.56 bits per heavy atom. The van der Waals surface area contributed by atoms with Crippen LogP contribution in [0.5, 0.6) is 0 Å². The van der Waals surface area contributed by atoms with Gasteiger partial charge in [0.1, 0.15) is 6.04 Å². The van der Waals surface area contributed by atoms with E-state index in [-0.39, 0.29) is 23.7 Å². The second-order valence-corrected chi connectivity index (χ2v) is 4.82. The molecular formula is C12H23NO3. The van der Waals surface area contributed by atoms with Gasteiger partial charge in [0.05, 0.1) is 0 Å². The van der Waals surface area contributed by atoms with E-state index in [0.717, 1.165) is 0 Å². The maximum absolute atomic E-state index is 11.9. The minimum absolute atomic E-state index is 0.131. The Balaban J connectivity index is 4.58. The quantitative estimate of drug-likeness (QED) is 0.731. The van der Waals surface area contributed by atoms with Crippen LogP contribution in [0.25, 0.3) is 0 Å². The molecule has 0 heterocycles. The summed E-state index contributed by atoms with van der Waals surface area (Å²) in [6.45, 7) is 9.66. The predicted molar refractivity (Wildman–Crippen MR) is 63.0 cm³/mol. The molecule has 0 aromatic rings. The van der Waals surface area contributed by atoms with Crippen molar-refractivity contribution in [3.8, 4) is 0 Å². The zero-order chi connectivity index (χ0) is 12.9. The van der Waals surface area contributed by atoms with E-state index in [1.165, 1.54) is 0 Å². The molecule has 0 aliphatic rings. The summed E-state index contributed by atoms with van der Waals surface area (Å²) in [4.78, 5) is 22.7. The lowest BCUT2D eigenvalue weighted by atomic mass is 9.84. The Kier molecular flexibility index (Phi) is 6.08. The molecule has 0 aliphatic heterocycles. The van der Waals surface area contributed by atoms with E-state index in [2.05, 4.69) is 5.32 Å². The van der Waals surface area contributed by atoms with Gasteiger partial charge < -0.3 is 10.4 Å². The van der Waals surface area contributed by atoms with Crippen LogP contribution >= 0.6 is 0 Å². The summed E-state index contributed by atoms with van der Waals surface area (Å²) in [7, 11) is 0. The monoisotopic (exact) mass is 229 g/mol. The van der Waals surface area contributed by atoms with E-state index >= 15 is 0 Å². The van der Waals surface area contributed by atoms with Gasteiger partial charge in [0.2, 0.25) is 5.91 Å². The van der Waals surface area contributed by atoms with Gasteiger partial charge in [-0.05, 0) is 18.3 Å². The van der Waals surface area contributed by atoms with E-state index in [4.69, 9.17) is 5.11 Å². The number of carbonyl (C=O) groups is 2. The first kappa shape index (κ1) is 14.9. The third-order valence-corrected chi connectivity index (χ3v) is 2.76.